The number of anilines is 3. The Kier molecular flexibility index (Phi) is 4.42. The predicted molar refractivity (Wildman–Crippen MR) is 159 cm³/mol. The Balaban J connectivity index is 1.44. The van der Waals surface area contributed by atoms with Gasteiger partial charge in [0.05, 0.1) is 5.69 Å². The van der Waals surface area contributed by atoms with Crippen molar-refractivity contribution in [2.75, 3.05) is 4.90 Å². The van der Waals surface area contributed by atoms with Crippen molar-refractivity contribution in [3.8, 4) is 0 Å². The molecule has 0 saturated heterocycles. The molecule has 37 heavy (non-hydrogen) atoms. The lowest BCUT2D eigenvalue weighted by atomic mass is 10.0. The maximum atomic E-state index is 6.47. The van der Waals surface area contributed by atoms with Gasteiger partial charge in [0, 0.05) is 42.3 Å². The number of hydrogen-bond donors (Lipinski definition) is 0. The molecule has 0 unspecified atom stereocenters. The van der Waals surface area contributed by atoms with Gasteiger partial charge in [0.15, 0.2) is 5.58 Å². The molecule has 6 aromatic carbocycles. The lowest BCUT2D eigenvalue weighted by Gasteiger charge is -2.25. The van der Waals surface area contributed by atoms with Crippen LogP contribution < -0.4 is 4.90 Å². The normalized spacial score (nSPS) is 11.8. The number of benzene rings is 6. The van der Waals surface area contributed by atoms with Crippen LogP contribution >= 0.6 is 11.3 Å². The number of furan rings is 1. The highest BCUT2D eigenvalue weighted by atomic mass is 32.1. The van der Waals surface area contributed by atoms with Gasteiger partial charge >= 0.3 is 0 Å². The van der Waals surface area contributed by atoms with Gasteiger partial charge in [0.2, 0.25) is 0 Å². The summed E-state index contributed by atoms with van der Waals surface area (Å²) in [7, 11) is 0. The van der Waals surface area contributed by atoms with Crippen molar-refractivity contribution in [2.45, 2.75) is 0 Å². The molecule has 0 amide bonds. The van der Waals surface area contributed by atoms with Crippen LogP contribution in [0.4, 0.5) is 17.1 Å². The van der Waals surface area contributed by atoms with E-state index in [9.17, 15) is 0 Å². The molecule has 2 heterocycles. The highest BCUT2D eigenvalue weighted by molar-refractivity contribution is 7.26. The molecule has 0 radical (unpaired) electrons. The molecule has 0 bridgehead atoms. The summed E-state index contributed by atoms with van der Waals surface area (Å²) in [5.74, 6) is 0. The second-order valence-electron chi connectivity index (χ2n) is 9.37. The molecule has 0 aliphatic rings. The smallest absolute Gasteiger partial charge is 0.159 e. The molecule has 0 aliphatic carbocycles. The Bertz CT molecular complexity index is 2100. The fraction of sp³-hybridized carbons (Fsp3) is 0. The number of nitrogens with zero attached hydrogens (tertiary/aromatic N) is 1. The summed E-state index contributed by atoms with van der Waals surface area (Å²) in [6.07, 6.45) is 0. The summed E-state index contributed by atoms with van der Waals surface area (Å²) in [6, 6.07) is 45.3. The van der Waals surface area contributed by atoms with Gasteiger partial charge < -0.3 is 9.32 Å². The molecular formula is C34H21NOS. The minimum absolute atomic E-state index is 0.897. The van der Waals surface area contributed by atoms with E-state index in [2.05, 4.69) is 120 Å². The second-order valence-corrected chi connectivity index (χ2v) is 10.4. The Morgan fingerprint density at radius 3 is 2.19 bits per heavy atom. The van der Waals surface area contributed by atoms with E-state index in [0.717, 1.165) is 39.0 Å². The fourth-order valence-electron chi connectivity index (χ4n) is 5.59. The third-order valence-corrected chi connectivity index (χ3v) is 8.38. The summed E-state index contributed by atoms with van der Waals surface area (Å²) in [6.45, 7) is 0. The molecule has 0 N–H and O–H groups in total. The predicted octanol–water partition coefficient (Wildman–Crippen LogP) is 10.6. The summed E-state index contributed by atoms with van der Waals surface area (Å²) in [5.41, 5.74) is 5.04. The average molecular weight is 492 g/mol. The van der Waals surface area contributed by atoms with Crippen LogP contribution in [-0.4, -0.2) is 0 Å². The van der Waals surface area contributed by atoms with Crippen molar-refractivity contribution in [1.82, 2.24) is 0 Å². The molecule has 8 aromatic rings. The molecule has 2 nitrogen and oxygen atoms in total. The summed E-state index contributed by atoms with van der Waals surface area (Å²) < 4.78 is 9.08. The molecule has 0 saturated carbocycles. The zero-order valence-electron chi connectivity index (χ0n) is 19.9. The SMILES string of the molecule is c1ccc(N(c2ccc3sc4ccc5ccccc5c4c3c2)c2cccc3c2oc2ccccc23)cc1. The maximum absolute atomic E-state index is 6.47. The van der Waals surface area contributed by atoms with E-state index in [1.807, 2.05) is 23.5 Å². The van der Waals surface area contributed by atoms with Gasteiger partial charge in [0.25, 0.3) is 0 Å². The van der Waals surface area contributed by atoms with Gasteiger partial charge in [-0.15, -0.1) is 11.3 Å². The minimum Gasteiger partial charge on any atom is -0.454 e. The van der Waals surface area contributed by atoms with Gasteiger partial charge in [-0.05, 0) is 59.3 Å². The maximum Gasteiger partial charge on any atom is 0.159 e. The highest BCUT2D eigenvalue weighted by Gasteiger charge is 2.20. The van der Waals surface area contributed by atoms with E-state index in [-0.39, 0.29) is 0 Å². The van der Waals surface area contributed by atoms with Crippen LogP contribution in [0.25, 0.3) is 52.9 Å². The monoisotopic (exact) mass is 491 g/mol. The number of hydrogen-bond acceptors (Lipinski definition) is 3. The molecule has 0 aliphatic heterocycles. The van der Waals surface area contributed by atoms with Crippen molar-refractivity contribution >= 4 is 81.3 Å². The molecule has 0 spiro atoms. The molecule has 8 rings (SSSR count). The lowest BCUT2D eigenvalue weighted by molar-refractivity contribution is 0.669. The molecular weight excluding hydrogens is 470 g/mol. The Hall–Kier alpha value is -4.60. The van der Waals surface area contributed by atoms with E-state index in [1.54, 1.807) is 0 Å². The summed E-state index contributed by atoms with van der Waals surface area (Å²) in [5, 5.41) is 7.45. The van der Waals surface area contributed by atoms with Crippen LogP contribution in [0.3, 0.4) is 0 Å². The van der Waals surface area contributed by atoms with Crippen molar-refractivity contribution < 1.29 is 4.42 Å². The second kappa shape index (κ2) is 7.95. The zero-order chi connectivity index (χ0) is 24.3. The Labute approximate surface area is 217 Å². The molecule has 174 valence electrons. The Morgan fingerprint density at radius 2 is 1.27 bits per heavy atom. The van der Waals surface area contributed by atoms with Crippen LogP contribution in [0.1, 0.15) is 0 Å². The number of thiophene rings is 1. The van der Waals surface area contributed by atoms with Crippen molar-refractivity contribution in [3.63, 3.8) is 0 Å². The summed E-state index contributed by atoms with van der Waals surface area (Å²) in [4.78, 5) is 2.32. The first-order valence-electron chi connectivity index (χ1n) is 12.4. The van der Waals surface area contributed by atoms with Gasteiger partial charge in [-0.1, -0.05) is 78.9 Å². The van der Waals surface area contributed by atoms with E-state index < -0.39 is 0 Å². The quantitative estimate of drug-likeness (QED) is 0.244. The fourth-order valence-corrected chi connectivity index (χ4v) is 6.69. The first-order chi connectivity index (χ1) is 18.3. The van der Waals surface area contributed by atoms with Crippen LogP contribution in [0, 0.1) is 0 Å². The first-order valence-corrected chi connectivity index (χ1v) is 13.3. The van der Waals surface area contributed by atoms with Crippen molar-refractivity contribution in [3.05, 3.63) is 127 Å². The average Bonchev–Trinajstić information content (AvgIpc) is 3.53. The van der Waals surface area contributed by atoms with E-state index in [1.165, 1.54) is 30.9 Å². The van der Waals surface area contributed by atoms with Gasteiger partial charge in [-0.3, -0.25) is 0 Å². The van der Waals surface area contributed by atoms with Gasteiger partial charge in [-0.2, -0.15) is 0 Å². The largest absolute Gasteiger partial charge is 0.454 e. The molecule has 3 heteroatoms. The van der Waals surface area contributed by atoms with Crippen LogP contribution in [0.2, 0.25) is 0 Å². The van der Waals surface area contributed by atoms with Crippen molar-refractivity contribution in [1.29, 1.82) is 0 Å². The summed E-state index contributed by atoms with van der Waals surface area (Å²) >= 11 is 1.86. The highest BCUT2D eigenvalue weighted by Crippen LogP contribution is 2.45. The first kappa shape index (κ1) is 20.6. The molecule has 2 aromatic heterocycles. The zero-order valence-corrected chi connectivity index (χ0v) is 20.7. The topological polar surface area (TPSA) is 16.4 Å². The number of fused-ring (bicyclic) bond motifs is 8. The standard InChI is InChI=1S/C34H21NOS/c1-2-10-23(11-3-1)35(29-15-8-14-27-26-13-6-7-16-30(26)36-34(27)29)24-18-20-31-28(21-24)33-25-12-5-4-9-22(25)17-19-32(33)37-31/h1-21H. The van der Waals surface area contributed by atoms with Gasteiger partial charge in [0.1, 0.15) is 5.58 Å². The van der Waals surface area contributed by atoms with E-state index in [4.69, 9.17) is 4.42 Å². The lowest BCUT2D eigenvalue weighted by Crippen LogP contribution is -2.09. The van der Waals surface area contributed by atoms with E-state index >= 15 is 0 Å². The number of rotatable bonds is 3. The third kappa shape index (κ3) is 3.11. The molecule has 0 atom stereocenters. The minimum atomic E-state index is 0.897. The van der Waals surface area contributed by atoms with Crippen LogP contribution in [0.15, 0.2) is 132 Å². The number of para-hydroxylation sites is 3. The van der Waals surface area contributed by atoms with E-state index in [0.29, 0.717) is 0 Å². The van der Waals surface area contributed by atoms with Crippen LogP contribution in [0.5, 0.6) is 0 Å². The third-order valence-electron chi connectivity index (χ3n) is 7.24. The Morgan fingerprint density at radius 1 is 0.514 bits per heavy atom. The van der Waals surface area contributed by atoms with Gasteiger partial charge in [-0.25, -0.2) is 0 Å². The van der Waals surface area contributed by atoms with Crippen LogP contribution in [-0.2, 0) is 0 Å². The van der Waals surface area contributed by atoms with Crippen molar-refractivity contribution in [2.24, 2.45) is 0 Å². The molecule has 0 fully saturated rings.